The van der Waals surface area contributed by atoms with Gasteiger partial charge in [-0.1, -0.05) is 25.1 Å². The average molecular weight is 315 g/mol. The maximum atomic E-state index is 12.3. The predicted octanol–water partition coefficient (Wildman–Crippen LogP) is 2.06. The minimum Gasteiger partial charge on any atom is -0.345 e. The Morgan fingerprint density at radius 1 is 1.22 bits per heavy atom. The zero-order valence-corrected chi connectivity index (χ0v) is 14.7. The SMILES string of the molecule is CC1CC[NH+](CC(=O)N[C@H](C)c2ccc3c(c2)CCCC3)CC1. The largest absolute Gasteiger partial charge is 0.345 e. The zero-order valence-electron chi connectivity index (χ0n) is 14.7. The van der Waals surface area contributed by atoms with Gasteiger partial charge in [-0.05, 0) is 68.1 Å². The second kappa shape index (κ2) is 7.48. The van der Waals surface area contributed by atoms with E-state index in [2.05, 4.69) is 37.4 Å². The lowest BCUT2D eigenvalue weighted by Gasteiger charge is -2.27. The van der Waals surface area contributed by atoms with E-state index in [1.807, 2.05) is 0 Å². The van der Waals surface area contributed by atoms with Crippen LogP contribution in [0.1, 0.15) is 62.3 Å². The van der Waals surface area contributed by atoms with Gasteiger partial charge in [-0.3, -0.25) is 4.79 Å². The maximum absolute atomic E-state index is 12.3. The van der Waals surface area contributed by atoms with Crippen molar-refractivity contribution in [1.82, 2.24) is 5.32 Å². The van der Waals surface area contributed by atoms with Crippen LogP contribution in [0.25, 0.3) is 0 Å². The molecule has 1 atom stereocenters. The van der Waals surface area contributed by atoms with Crippen LogP contribution in [-0.4, -0.2) is 25.5 Å². The van der Waals surface area contributed by atoms with Crippen LogP contribution in [-0.2, 0) is 17.6 Å². The number of nitrogens with one attached hydrogen (secondary N) is 2. The fourth-order valence-corrected chi connectivity index (χ4v) is 3.97. The van der Waals surface area contributed by atoms with Crippen LogP contribution in [0.5, 0.6) is 0 Å². The van der Waals surface area contributed by atoms with E-state index in [0.717, 1.165) is 19.0 Å². The third-order valence-corrected chi connectivity index (χ3v) is 5.64. The number of aryl methyl sites for hydroxylation is 2. The van der Waals surface area contributed by atoms with Gasteiger partial charge in [0, 0.05) is 0 Å². The van der Waals surface area contributed by atoms with Crippen LogP contribution >= 0.6 is 0 Å². The second-order valence-corrected chi connectivity index (χ2v) is 7.63. The lowest BCUT2D eigenvalue weighted by atomic mass is 9.89. The third-order valence-electron chi connectivity index (χ3n) is 5.64. The molecule has 2 aliphatic rings. The first-order valence-electron chi connectivity index (χ1n) is 9.36. The number of piperidine rings is 1. The Hall–Kier alpha value is -1.35. The summed E-state index contributed by atoms with van der Waals surface area (Å²) < 4.78 is 0. The number of fused-ring (bicyclic) bond motifs is 1. The van der Waals surface area contributed by atoms with Crippen molar-refractivity contribution >= 4 is 5.91 Å². The fraction of sp³-hybridized carbons (Fsp3) is 0.650. The van der Waals surface area contributed by atoms with Crippen molar-refractivity contribution in [1.29, 1.82) is 0 Å². The molecule has 0 saturated carbocycles. The standard InChI is InChI=1S/C20H30N2O/c1-15-9-11-22(12-10-15)14-20(23)21-16(2)18-8-7-17-5-3-4-6-19(17)13-18/h7-8,13,15-16H,3-6,9-12,14H2,1-2H3,(H,21,23)/p+1/t16-/m1/s1. The first-order valence-corrected chi connectivity index (χ1v) is 9.36. The van der Waals surface area contributed by atoms with Crippen molar-refractivity contribution in [3.8, 4) is 0 Å². The summed E-state index contributed by atoms with van der Waals surface area (Å²) in [7, 11) is 0. The van der Waals surface area contributed by atoms with E-state index >= 15 is 0 Å². The monoisotopic (exact) mass is 315 g/mol. The van der Waals surface area contributed by atoms with Crippen LogP contribution in [0.15, 0.2) is 18.2 Å². The summed E-state index contributed by atoms with van der Waals surface area (Å²) in [4.78, 5) is 13.8. The molecular formula is C20H31N2O+. The van der Waals surface area contributed by atoms with Crippen LogP contribution in [0.3, 0.4) is 0 Å². The van der Waals surface area contributed by atoms with E-state index < -0.39 is 0 Å². The Morgan fingerprint density at radius 3 is 2.65 bits per heavy atom. The van der Waals surface area contributed by atoms with Crippen molar-refractivity contribution in [2.75, 3.05) is 19.6 Å². The summed E-state index contributed by atoms with van der Waals surface area (Å²) in [5, 5.41) is 3.20. The number of hydrogen-bond acceptors (Lipinski definition) is 1. The van der Waals surface area contributed by atoms with Gasteiger partial charge < -0.3 is 10.2 Å². The molecule has 0 bridgehead atoms. The molecule has 0 radical (unpaired) electrons. The van der Waals surface area contributed by atoms with Crippen molar-refractivity contribution in [3.05, 3.63) is 34.9 Å². The number of benzene rings is 1. The highest BCUT2D eigenvalue weighted by Gasteiger charge is 2.22. The lowest BCUT2D eigenvalue weighted by molar-refractivity contribution is -0.898. The normalized spacial score (nSPS) is 25.5. The number of carbonyl (C=O) groups excluding carboxylic acids is 1. The summed E-state index contributed by atoms with van der Waals surface area (Å²) in [6.45, 7) is 7.33. The van der Waals surface area contributed by atoms with Crippen molar-refractivity contribution in [3.63, 3.8) is 0 Å². The van der Waals surface area contributed by atoms with Gasteiger partial charge in [0.2, 0.25) is 0 Å². The molecule has 1 heterocycles. The predicted molar refractivity (Wildman–Crippen MR) is 93.6 cm³/mol. The summed E-state index contributed by atoms with van der Waals surface area (Å²) in [6, 6.07) is 6.89. The van der Waals surface area contributed by atoms with Crippen LogP contribution in [0.4, 0.5) is 0 Å². The molecule has 23 heavy (non-hydrogen) atoms. The highest BCUT2D eigenvalue weighted by Crippen LogP contribution is 2.24. The Labute approximate surface area is 140 Å². The first kappa shape index (κ1) is 16.5. The molecule has 3 rings (SSSR count). The molecule has 0 spiro atoms. The third kappa shape index (κ3) is 4.35. The molecular weight excluding hydrogens is 284 g/mol. The highest BCUT2D eigenvalue weighted by atomic mass is 16.2. The first-order chi connectivity index (χ1) is 11.1. The zero-order chi connectivity index (χ0) is 16.2. The Balaban J connectivity index is 1.54. The Morgan fingerprint density at radius 2 is 1.91 bits per heavy atom. The maximum Gasteiger partial charge on any atom is 0.275 e. The van der Waals surface area contributed by atoms with Gasteiger partial charge in [0.05, 0.1) is 19.1 Å². The molecule has 1 saturated heterocycles. The number of amides is 1. The quantitative estimate of drug-likeness (QED) is 0.876. The molecule has 0 aromatic heterocycles. The van der Waals surface area contributed by atoms with Gasteiger partial charge in [-0.15, -0.1) is 0 Å². The number of quaternary nitrogens is 1. The molecule has 1 fully saturated rings. The molecule has 0 unspecified atom stereocenters. The average Bonchev–Trinajstić information content (AvgIpc) is 2.56. The van der Waals surface area contributed by atoms with Crippen molar-refractivity contribution in [2.24, 2.45) is 5.92 Å². The van der Waals surface area contributed by atoms with Crippen LogP contribution in [0.2, 0.25) is 0 Å². The van der Waals surface area contributed by atoms with Gasteiger partial charge in [0.1, 0.15) is 0 Å². The van der Waals surface area contributed by atoms with Gasteiger partial charge in [0.15, 0.2) is 6.54 Å². The van der Waals surface area contributed by atoms with Gasteiger partial charge in [-0.2, -0.15) is 0 Å². The highest BCUT2D eigenvalue weighted by molar-refractivity contribution is 5.77. The lowest BCUT2D eigenvalue weighted by Crippen LogP contribution is -3.14. The topological polar surface area (TPSA) is 33.5 Å². The smallest absolute Gasteiger partial charge is 0.275 e. The molecule has 1 aromatic rings. The molecule has 2 N–H and O–H groups in total. The van der Waals surface area contributed by atoms with E-state index in [4.69, 9.17) is 0 Å². The summed E-state index contributed by atoms with van der Waals surface area (Å²) in [5.41, 5.74) is 4.25. The Bertz CT molecular complexity index is 547. The van der Waals surface area contributed by atoms with Gasteiger partial charge in [0.25, 0.3) is 5.91 Å². The number of carbonyl (C=O) groups is 1. The van der Waals surface area contributed by atoms with Crippen LogP contribution in [0, 0.1) is 5.92 Å². The fourth-order valence-electron chi connectivity index (χ4n) is 3.97. The Kier molecular flexibility index (Phi) is 5.37. The molecule has 1 aliphatic carbocycles. The summed E-state index contributed by atoms with van der Waals surface area (Å²) >= 11 is 0. The van der Waals surface area contributed by atoms with E-state index in [9.17, 15) is 4.79 Å². The van der Waals surface area contributed by atoms with E-state index in [1.54, 1.807) is 0 Å². The molecule has 1 aliphatic heterocycles. The molecule has 126 valence electrons. The van der Waals surface area contributed by atoms with E-state index in [1.165, 1.54) is 60.1 Å². The minimum absolute atomic E-state index is 0.109. The molecule has 3 heteroatoms. The van der Waals surface area contributed by atoms with E-state index in [0.29, 0.717) is 6.54 Å². The summed E-state index contributed by atoms with van der Waals surface area (Å²) in [5.74, 6) is 1.02. The van der Waals surface area contributed by atoms with Gasteiger partial charge in [-0.25, -0.2) is 0 Å². The number of rotatable bonds is 4. The molecule has 3 nitrogen and oxygen atoms in total. The van der Waals surface area contributed by atoms with Crippen LogP contribution < -0.4 is 10.2 Å². The summed E-state index contributed by atoms with van der Waals surface area (Å²) in [6.07, 6.45) is 7.53. The molecule has 1 amide bonds. The molecule has 1 aromatic carbocycles. The number of likely N-dealkylation sites (tertiary alicyclic amines) is 1. The van der Waals surface area contributed by atoms with Crippen molar-refractivity contribution in [2.45, 2.75) is 58.4 Å². The second-order valence-electron chi connectivity index (χ2n) is 7.63. The minimum atomic E-state index is 0.109. The number of hydrogen-bond donors (Lipinski definition) is 2. The van der Waals surface area contributed by atoms with Gasteiger partial charge >= 0.3 is 0 Å². The van der Waals surface area contributed by atoms with E-state index in [-0.39, 0.29) is 11.9 Å². The van der Waals surface area contributed by atoms with Crippen molar-refractivity contribution < 1.29 is 9.69 Å².